The van der Waals surface area contributed by atoms with Gasteiger partial charge in [0.25, 0.3) is 5.91 Å². The van der Waals surface area contributed by atoms with Crippen molar-refractivity contribution in [1.29, 1.82) is 0 Å². The largest absolute Gasteiger partial charge is 0.486 e. The van der Waals surface area contributed by atoms with Gasteiger partial charge in [0, 0.05) is 11.4 Å². The van der Waals surface area contributed by atoms with E-state index in [0.29, 0.717) is 36.2 Å². The third-order valence-corrected chi connectivity index (χ3v) is 3.87. The SMILES string of the molecule is CC(C)CC(CBr)NC(=O)c1cccc2c1OCCO2. The van der Waals surface area contributed by atoms with E-state index in [0.717, 1.165) is 11.8 Å². The number of hydrogen-bond acceptors (Lipinski definition) is 3. The summed E-state index contributed by atoms with van der Waals surface area (Å²) in [4.78, 5) is 12.4. The van der Waals surface area contributed by atoms with E-state index in [9.17, 15) is 4.79 Å². The van der Waals surface area contributed by atoms with E-state index in [1.165, 1.54) is 0 Å². The number of amides is 1. The van der Waals surface area contributed by atoms with Crippen molar-refractivity contribution in [3.8, 4) is 11.5 Å². The van der Waals surface area contributed by atoms with Crippen molar-refractivity contribution in [3.05, 3.63) is 23.8 Å². The van der Waals surface area contributed by atoms with Crippen molar-refractivity contribution in [2.24, 2.45) is 5.92 Å². The Morgan fingerprint density at radius 1 is 1.35 bits per heavy atom. The Kier molecular flexibility index (Phi) is 5.29. The standard InChI is InChI=1S/C15H20BrNO3/c1-10(2)8-11(9-16)17-15(18)12-4-3-5-13-14(12)20-7-6-19-13/h3-5,10-11H,6-9H2,1-2H3,(H,17,18). The first-order valence-electron chi connectivity index (χ1n) is 6.87. The molecule has 1 heterocycles. The number of benzene rings is 1. The zero-order valence-electron chi connectivity index (χ0n) is 11.8. The minimum Gasteiger partial charge on any atom is -0.486 e. The lowest BCUT2D eigenvalue weighted by Gasteiger charge is -2.22. The Balaban J connectivity index is 2.13. The molecule has 0 aliphatic carbocycles. The summed E-state index contributed by atoms with van der Waals surface area (Å²) in [5.74, 6) is 1.61. The van der Waals surface area contributed by atoms with Crippen molar-refractivity contribution in [2.45, 2.75) is 26.3 Å². The molecule has 1 aromatic carbocycles. The van der Waals surface area contributed by atoms with Gasteiger partial charge in [-0.2, -0.15) is 0 Å². The summed E-state index contributed by atoms with van der Waals surface area (Å²) in [5.41, 5.74) is 0.539. The number of halogens is 1. The van der Waals surface area contributed by atoms with Gasteiger partial charge in [-0.05, 0) is 24.5 Å². The highest BCUT2D eigenvalue weighted by Gasteiger charge is 2.22. The van der Waals surface area contributed by atoms with Crippen LogP contribution in [-0.2, 0) is 0 Å². The minimum absolute atomic E-state index is 0.113. The van der Waals surface area contributed by atoms with Crippen LogP contribution in [0, 0.1) is 5.92 Å². The van der Waals surface area contributed by atoms with Crippen molar-refractivity contribution in [2.75, 3.05) is 18.5 Å². The van der Waals surface area contributed by atoms with Gasteiger partial charge in [-0.1, -0.05) is 35.8 Å². The molecule has 1 unspecified atom stereocenters. The van der Waals surface area contributed by atoms with Crippen LogP contribution >= 0.6 is 15.9 Å². The summed E-state index contributed by atoms with van der Waals surface area (Å²) >= 11 is 3.45. The lowest BCUT2D eigenvalue weighted by molar-refractivity contribution is 0.0926. The fourth-order valence-electron chi connectivity index (χ4n) is 2.25. The van der Waals surface area contributed by atoms with E-state index >= 15 is 0 Å². The molecule has 0 bridgehead atoms. The Labute approximate surface area is 128 Å². The van der Waals surface area contributed by atoms with Gasteiger partial charge >= 0.3 is 0 Å². The Hall–Kier alpha value is -1.23. The van der Waals surface area contributed by atoms with Crippen molar-refractivity contribution in [3.63, 3.8) is 0 Å². The maximum absolute atomic E-state index is 12.4. The first kappa shape index (κ1) is 15.2. The van der Waals surface area contributed by atoms with Crippen LogP contribution in [0.3, 0.4) is 0 Å². The van der Waals surface area contributed by atoms with Gasteiger partial charge in [-0.25, -0.2) is 0 Å². The molecule has 1 atom stereocenters. The van der Waals surface area contributed by atoms with E-state index < -0.39 is 0 Å². The average Bonchev–Trinajstić information content (AvgIpc) is 2.45. The number of alkyl halides is 1. The second-order valence-electron chi connectivity index (χ2n) is 5.28. The zero-order valence-corrected chi connectivity index (χ0v) is 13.4. The van der Waals surface area contributed by atoms with E-state index in [4.69, 9.17) is 9.47 Å². The molecule has 5 heteroatoms. The molecule has 0 saturated heterocycles. The van der Waals surface area contributed by atoms with Crippen LogP contribution in [-0.4, -0.2) is 30.5 Å². The average molecular weight is 342 g/mol. The second-order valence-corrected chi connectivity index (χ2v) is 5.93. The number of hydrogen-bond donors (Lipinski definition) is 1. The van der Waals surface area contributed by atoms with Crippen LogP contribution in [0.2, 0.25) is 0 Å². The van der Waals surface area contributed by atoms with Crippen LogP contribution < -0.4 is 14.8 Å². The Bertz CT molecular complexity index is 476. The lowest BCUT2D eigenvalue weighted by Crippen LogP contribution is -2.37. The summed E-state index contributed by atoms with van der Waals surface area (Å²) in [6.45, 7) is 5.28. The number of para-hydroxylation sites is 1. The van der Waals surface area contributed by atoms with Gasteiger partial charge in [0.05, 0.1) is 5.56 Å². The summed E-state index contributed by atoms with van der Waals surface area (Å²) in [6, 6.07) is 5.52. The van der Waals surface area contributed by atoms with Gasteiger partial charge in [-0.3, -0.25) is 4.79 Å². The molecular formula is C15H20BrNO3. The van der Waals surface area contributed by atoms with Gasteiger partial charge in [0.2, 0.25) is 0 Å². The van der Waals surface area contributed by atoms with E-state index in [1.54, 1.807) is 6.07 Å². The molecule has 1 N–H and O–H groups in total. The molecule has 0 aromatic heterocycles. The van der Waals surface area contributed by atoms with Gasteiger partial charge in [-0.15, -0.1) is 0 Å². The molecular weight excluding hydrogens is 322 g/mol. The fraction of sp³-hybridized carbons (Fsp3) is 0.533. The molecule has 2 rings (SSSR count). The molecule has 4 nitrogen and oxygen atoms in total. The molecule has 1 amide bonds. The number of ether oxygens (including phenoxy) is 2. The second kappa shape index (κ2) is 6.97. The topological polar surface area (TPSA) is 47.6 Å². The number of carbonyl (C=O) groups is 1. The van der Waals surface area contributed by atoms with Crippen molar-refractivity contribution >= 4 is 21.8 Å². The fourth-order valence-corrected chi connectivity index (χ4v) is 2.67. The van der Waals surface area contributed by atoms with Crippen LogP contribution in [0.15, 0.2) is 18.2 Å². The number of fused-ring (bicyclic) bond motifs is 1. The predicted molar refractivity (Wildman–Crippen MR) is 81.9 cm³/mol. The number of carbonyl (C=O) groups excluding carboxylic acids is 1. The number of rotatable bonds is 5. The highest BCUT2D eigenvalue weighted by Crippen LogP contribution is 2.33. The summed E-state index contributed by atoms with van der Waals surface area (Å²) in [7, 11) is 0. The highest BCUT2D eigenvalue weighted by molar-refractivity contribution is 9.09. The van der Waals surface area contributed by atoms with E-state index in [1.807, 2.05) is 12.1 Å². The minimum atomic E-state index is -0.113. The van der Waals surface area contributed by atoms with Crippen LogP contribution in [0.5, 0.6) is 11.5 Å². The summed E-state index contributed by atoms with van der Waals surface area (Å²) in [5, 5.41) is 3.78. The van der Waals surface area contributed by atoms with Gasteiger partial charge in [0.1, 0.15) is 13.2 Å². The van der Waals surface area contributed by atoms with Crippen LogP contribution in [0.1, 0.15) is 30.6 Å². The highest BCUT2D eigenvalue weighted by atomic mass is 79.9. The lowest BCUT2D eigenvalue weighted by atomic mass is 10.0. The predicted octanol–water partition coefficient (Wildman–Crippen LogP) is 3.00. The smallest absolute Gasteiger partial charge is 0.255 e. The summed E-state index contributed by atoms with van der Waals surface area (Å²) in [6.07, 6.45) is 0.934. The molecule has 0 saturated carbocycles. The molecule has 1 aromatic rings. The van der Waals surface area contributed by atoms with Gasteiger partial charge in [0.15, 0.2) is 11.5 Å². The Morgan fingerprint density at radius 2 is 2.10 bits per heavy atom. The third-order valence-electron chi connectivity index (χ3n) is 3.09. The monoisotopic (exact) mass is 341 g/mol. The molecule has 1 aliphatic rings. The molecule has 1 aliphatic heterocycles. The molecule has 110 valence electrons. The zero-order chi connectivity index (χ0) is 14.5. The van der Waals surface area contributed by atoms with E-state index in [2.05, 4.69) is 35.1 Å². The third kappa shape index (κ3) is 3.66. The van der Waals surface area contributed by atoms with Crippen LogP contribution in [0.25, 0.3) is 0 Å². The first-order chi connectivity index (χ1) is 9.61. The van der Waals surface area contributed by atoms with Crippen LogP contribution in [0.4, 0.5) is 0 Å². The maximum Gasteiger partial charge on any atom is 0.255 e. The van der Waals surface area contributed by atoms with E-state index in [-0.39, 0.29) is 11.9 Å². The molecule has 0 spiro atoms. The van der Waals surface area contributed by atoms with Crippen molar-refractivity contribution < 1.29 is 14.3 Å². The molecule has 0 radical (unpaired) electrons. The normalized spacial score (nSPS) is 15.0. The maximum atomic E-state index is 12.4. The quantitative estimate of drug-likeness (QED) is 0.837. The van der Waals surface area contributed by atoms with Crippen molar-refractivity contribution in [1.82, 2.24) is 5.32 Å². The summed E-state index contributed by atoms with van der Waals surface area (Å²) < 4.78 is 11.1. The number of nitrogens with one attached hydrogen (secondary N) is 1. The first-order valence-corrected chi connectivity index (χ1v) is 7.99. The van der Waals surface area contributed by atoms with Gasteiger partial charge < -0.3 is 14.8 Å². The molecule has 0 fully saturated rings. The molecule has 20 heavy (non-hydrogen) atoms. The Morgan fingerprint density at radius 3 is 2.80 bits per heavy atom.